The smallest absolute Gasteiger partial charge is 0.258 e. The van der Waals surface area contributed by atoms with Crippen molar-refractivity contribution < 1.29 is 9.53 Å². The molecule has 4 heteroatoms. The van der Waals surface area contributed by atoms with Crippen molar-refractivity contribution in [1.82, 2.24) is 9.88 Å². The van der Waals surface area contributed by atoms with Gasteiger partial charge in [-0.25, -0.2) is 0 Å². The lowest BCUT2D eigenvalue weighted by Gasteiger charge is -2.20. The Bertz CT molecular complexity index is 921. The van der Waals surface area contributed by atoms with Crippen LogP contribution in [0.3, 0.4) is 0 Å². The lowest BCUT2D eigenvalue weighted by atomic mass is 10.0. The third-order valence-corrected chi connectivity index (χ3v) is 4.60. The normalized spacial score (nSPS) is 13.7. The number of rotatable bonds is 3. The number of amides is 1. The second kappa shape index (κ2) is 7.00. The maximum absolute atomic E-state index is 13.1. The molecule has 0 fully saturated rings. The molecule has 4 rings (SSSR count). The van der Waals surface area contributed by atoms with Gasteiger partial charge in [-0.3, -0.25) is 9.78 Å². The standard InChI is InChI=1S/C22H20N2O2/c1-16-4-6-18(7-5-16)19-8-9-21-20(13-19)22(25)24(11-12-26-21)15-17-3-2-10-23-14-17/h2-10,13-14H,11-12,15H2,1H3. The molecule has 1 aliphatic rings. The molecule has 4 nitrogen and oxygen atoms in total. The first-order valence-electron chi connectivity index (χ1n) is 8.73. The highest BCUT2D eigenvalue weighted by Gasteiger charge is 2.24. The van der Waals surface area contributed by atoms with E-state index >= 15 is 0 Å². The topological polar surface area (TPSA) is 42.4 Å². The van der Waals surface area contributed by atoms with Crippen LogP contribution in [-0.4, -0.2) is 28.9 Å². The van der Waals surface area contributed by atoms with Gasteiger partial charge in [0.05, 0.1) is 12.1 Å². The molecule has 0 saturated carbocycles. The highest BCUT2D eigenvalue weighted by Crippen LogP contribution is 2.30. The van der Waals surface area contributed by atoms with Gasteiger partial charge < -0.3 is 9.64 Å². The zero-order valence-corrected chi connectivity index (χ0v) is 14.7. The predicted molar refractivity (Wildman–Crippen MR) is 101 cm³/mol. The molecule has 0 radical (unpaired) electrons. The van der Waals surface area contributed by atoms with E-state index in [1.54, 1.807) is 12.4 Å². The summed E-state index contributed by atoms with van der Waals surface area (Å²) in [5.41, 5.74) is 4.95. The Hall–Kier alpha value is -3.14. The van der Waals surface area contributed by atoms with Gasteiger partial charge in [-0.2, -0.15) is 0 Å². The molecule has 0 spiro atoms. The number of benzene rings is 2. The Kier molecular flexibility index (Phi) is 4.40. The van der Waals surface area contributed by atoms with Crippen LogP contribution >= 0.6 is 0 Å². The number of ether oxygens (including phenoxy) is 1. The Labute approximate surface area is 153 Å². The minimum atomic E-state index is -0.00434. The van der Waals surface area contributed by atoms with Gasteiger partial charge in [-0.1, -0.05) is 42.0 Å². The Morgan fingerprint density at radius 2 is 1.88 bits per heavy atom. The maximum atomic E-state index is 13.1. The van der Waals surface area contributed by atoms with Gasteiger partial charge in [-0.15, -0.1) is 0 Å². The average Bonchev–Trinajstić information content (AvgIpc) is 2.82. The van der Waals surface area contributed by atoms with E-state index in [2.05, 4.69) is 36.2 Å². The van der Waals surface area contributed by atoms with E-state index in [1.807, 2.05) is 35.2 Å². The summed E-state index contributed by atoms with van der Waals surface area (Å²) in [4.78, 5) is 19.1. The Morgan fingerprint density at radius 3 is 2.65 bits per heavy atom. The number of aryl methyl sites for hydroxylation is 1. The van der Waals surface area contributed by atoms with Crippen LogP contribution < -0.4 is 4.74 Å². The summed E-state index contributed by atoms with van der Waals surface area (Å²) in [6.45, 7) is 3.64. The minimum Gasteiger partial charge on any atom is -0.491 e. The molecule has 3 aromatic rings. The van der Waals surface area contributed by atoms with Gasteiger partial charge in [0.15, 0.2) is 0 Å². The number of carbonyl (C=O) groups is 1. The summed E-state index contributed by atoms with van der Waals surface area (Å²) in [7, 11) is 0. The summed E-state index contributed by atoms with van der Waals surface area (Å²) in [5.74, 6) is 0.648. The SMILES string of the molecule is Cc1ccc(-c2ccc3c(c2)C(=O)N(Cc2cccnc2)CCO3)cc1. The molecule has 130 valence electrons. The van der Waals surface area contributed by atoms with Crippen LogP contribution in [-0.2, 0) is 6.54 Å². The van der Waals surface area contributed by atoms with Crippen LogP contribution in [0, 0.1) is 6.92 Å². The fourth-order valence-corrected chi connectivity index (χ4v) is 3.15. The fraction of sp³-hybridized carbons (Fsp3) is 0.182. The zero-order chi connectivity index (χ0) is 17.9. The summed E-state index contributed by atoms with van der Waals surface area (Å²) >= 11 is 0. The number of pyridine rings is 1. The fourth-order valence-electron chi connectivity index (χ4n) is 3.15. The van der Waals surface area contributed by atoms with Gasteiger partial charge in [0, 0.05) is 18.9 Å². The van der Waals surface area contributed by atoms with Gasteiger partial charge in [0.2, 0.25) is 0 Å². The van der Waals surface area contributed by atoms with E-state index < -0.39 is 0 Å². The second-order valence-corrected chi connectivity index (χ2v) is 6.51. The molecule has 2 heterocycles. The minimum absolute atomic E-state index is 0.00434. The molecular weight excluding hydrogens is 324 g/mol. The highest BCUT2D eigenvalue weighted by molar-refractivity contribution is 5.98. The first kappa shape index (κ1) is 16.3. The quantitative estimate of drug-likeness (QED) is 0.719. The summed E-state index contributed by atoms with van der Waals surface area (Å²) in [6, 6.07) is 18.0. The van der Waals surface area contributed by atoms with Crippen LogP contribution in [0.2, 0.25) is 0 Å². The summed E-state index contributed by atoms with van der Waals surface area (Å²) in [5, 5.41) is 0. The van der Waals surface area contributed by atoms with E-state index in [0.29, 0.717) is 31.0 Å². The summed E-state index contributed by atoms with van der Waals surface area (Å²) < 4.78 is 5.82. The van der Waals surface area contributed by atoms with Crippen molar-refractivity contribution in [1.29, 1.82) is 0 Å². The lowest BCUT2D eigenvalue weighted by molar-refractivity contribution is 0.0743. The highest BCUT2D eigenvalue weighted by atomic mass is 16.5. The van der Waals surface area contributed by atoms with Crippen LogP contribution in [0.5, 0.6) is 5.75 Å². The summed E-state index contributed by atoms with van der Waals surface area (Å²) in [6.07, 6.45) is 3.53. The largest absolute Gasteiger partial charge is 0.491 e. The molecule has 26 heavy (non-hydrogen) atoms. The molecule has 0 unspecified atom stereocenters. The number of nitrogens with zero attached hydrogens (tertiary/aromatic N) is 2. The molecule has 0 N–H and O–H groups in total. The van der Waals surface area contributed by atoms with Crippen molar-refractivity contribution in [3.63, 3.8) is 0 Å². The van der Waals surface area contributed by atoms with Crippen molar-refractivity contribution >= 4 is 5.91 Å². The van der Waals surface area contributed by atoms with E-state index in [4.69, 9.17) is 4.74 Å². The number of carbonyl (C=O) groups excluding carboxylic acids is 1. The lowest BCUT2D eigenvalue weighted by Crippen LogP contribution is -2.31. The van der Waals surface area contributed by atoms with Crippen molar-refractivity contribution in [3.8, 4) is 16.9 Å². The molecule has 0 saturated heterocycles. The predicted octanol–water partition coefficient (Wildman–Crippen LogP) is 4.09. The third kappa shape index (κ3) is 3.31. The number of aromatic nitrogens is 1. The van der Waals surface area contributed by atoms with Gasteiger partial charge in [0.1, 0.15) is 12.4 Å². The van der Waals surface area contributed by atoms with Crippen molar-refractivity contribution in [2.45, 2.75) is 13.5 Å². The van der Waals surface area contributed by atoms with Crippen LogP contribution in [0.1, 0.15) is 21.5 Å². The van der Waals surface area contributed by atoms with Gasteiger partial charge >= 0.3 is 0 Å². The van der Waals surface area contributed by atoms with E-state index in [9.17, 15) is 4.79 Å². The number of fused-ring (bicyclic) bond motifs is 1. The van der Waals surface area contributed by atoms with E-state index in [0.717, 1.165) is 16.7 Å². The monoisotopic (exact) mass is 344 g/mol. The molecule has 0 atom stereocenters. The van der Waals surface area contributed by atoms with Crippen LogP contribution in [0.25, 0.3) is 11.1 Å². The molecular formula is C22H20N2O2. The molecule has 1 aliphatic heterocycles. The average molecular weight is 344 g/mol. The van der Waals surface area contributed by atoms with Gasteiger partial charge in [0.25, 0.3) is 5.91 Å². The molecule has 1 aromatic heterocycles. The van der Waals surface area contributed by atoms with Crippen molar-refractivity contribution in [3.05, 3.63) is 83.7 Å². The molecule has 2 aromatic carbocycles. The molecule has 0 aliphatic carbocycles. The van der Waals surface area contributed by atoms with Crippen molar-refractivity contribution in [2.24, 2.45) is 0 Å². The number of hydrogen-bond donors (Lipinski definition) is 0. The van der Waals surface area contributed by atoms with E-state index in [-0.39, 0.29) is 5.91 Å². The second-order valence-electron chi connectivity index (χ2n) is 6.51. The first-order valence-corrected chi connectivity index (χ1v) is 8.73. The third-order valence-electron chi connectivity index (χ3n) is 4.60. The van der Waals surface area contributed by atoms with Crippen molar-refractivity contribution in [2.75, 3.05) is 13.2 Å². The first-order chi connectivity index (χ1) is 12.7. The van der Waals surface area contributed by atoms with E-state index in [1.165, 1.54) is 5.56 Å². The molecule has 0 bridgehead atoms. The van der Waals surface area contributed by atoms with Crippen LogP contribution in [0.15, 0.2) is 67.0 Å². The van der Waals surface area contributed by atoms with Gasteiger partial charge in [-0.05, 0) is 41.8 Å². The molecule has 1 amide bonds. The van der Waals surface area contributed by atoms with Crippen LogP contribution in [0.4, 0.5) is 0 Å². The zero-order valence-electron chi connectivity index (χ0n) is 14.7. The number of hydrogen-bond acceptors (Lipinski definition) is 3. The Balaban J connectivity index is 1.66. The maximum Gasteiger partial charge on any atom is 0.258 e. The Morgan fingerprint density at radius 1 is 1.08 bits per heavy atom.